The number of aromatic nitrogens is 2. The molecule has 0 bridgehead atoms. The second kappa shape index (κ2) is 5.45. The Labute approximate surface area is 104 Å². The van der Waals surface area contributed by atoms with Crippen molar-refractivity contribution < 1.29 is 0 Å². The molecule has 3 N–H and O–H groups in total. The number of rotatable bonds is 2. The van der Waals surface area contributed by atoms with Crippen molar-refractivity contribution >= 4 is 27.7 Å². The van der Waals surface area contributed by atoms with E-state index in [2.05, 4.69) is 36.2 Å². The van der Waals surface area contributed by atoms with Crippen molar-refractivity contribution in [2.45, 2.75) is 25.7 Å². The number of nitrogens with one attached hydrogen (secondary N) is 1. The molecule has 0 radical (unpaired) electrons. The van der Waals surface area contributed by atoms with Crippen molar-refractivity contribution in [1.82, 2.24) is 9.97 Å². The van der Waals surface area contributed by atoms with Crippen LogP contribution in [-0.2, 0) is 0 Å². The first kappa shape index (κ1) is 11.6. The third-order valence-electron chi connectivity index (χ3n) is 2.76. The van der Waals surface area contributed by atoms with Gasteiger partial charge < -0.3 is 4.90 Å². The average Bonchev–Trinajstić information content (AvgIpc) is 2.58. The molecule has 0 aromatic carbocycles. The van der Waals surface area contributed by atoms with E-state index in [0.29, 0.717) is 5.95 Å². The van der Waals surface area contributed by atoms with Crippen LogP contribution in [0.2, 0.25) is 0 Å². The number of hydrogen-bond donors (Lipinski definition) is 2. The Morgan fingerprint density at radius 2 is 1.94 bits per heavy atom. The molecule has 1 saturated heterocycles. The number of halogens is 1. The van der Waals surface area contributed by atoms with E-state index in [4.69, 9.17) is 5.84 Å². The Kier molecular flexibility index (Phi) is 3.95. The molecule has 1 aromatic rings. The average molecular weight is 286 g/mol. The van der Waals surface area contributed by atoms with Crippen molar-refractivity contribution in [3.8, 4) is 0 Å². The molecule has 1 fully saturated rings. The van der Waals surface area contributed by atoms with Gasteiger partial charge in [-0.15, -0.1) is 0 Å². The molecule has 0 amide bonds. The highest BCUT2D eigenvalue weighted by molar-refractivity contribution is 9.10. The minimum atomic E-state index is 0.461. The second-order valence-electron chi connectivity index (χ2n) is 3.91. The van der Waals surface area contributed by atoms with Gasteiger partial charge in [-0.1, -0.05) is 12.8 Å². The molecule has 6 heteroatoms. The standard InChI is InChI=1S/C10H16BrN5/c11-8-7-13-10(15-12)14-9(8)16-5-3-1-2-4-6-16/h7H,1-6,12H2,(H,13,14,15). The van der Waals surface area contributed by atoms with E-state index in [9.17, 15) is 0 Å². The third-order valence-corrected chi connectivity index (χ3v) is 3.32. The molecule has 0 saturated carbocycles. The molecule has 0 atom stereocenters. The van der Waals surface area contributed by atoms with Gasteiger partial charge in [0.2, 0.25) is 5.95 Å². The molecule has 5 nitrogen and oxygen atoms in total. The van der Waals surface area contributed by atoms with Crippen molar-refractivity contribution in [2.24, 2.45) is 5.84 Å². The summed E-state index contributed by atoms with van der Waals surface area (Å²) in [6, 6.07) is 0. The van der Waals surface area contributed by atoms with Crippen molar-refractivity contribution in [1.29, 1.82) is 0 Å². The van der Waals surface area contributed by atoms with E-state index in [0.717, 1.165) is 23.4 Å². The van der Waals surface area contributed by atoms with Gasteiger partial charge in [0.25, 0.3) is 0 Å². The maximum Gasteiger partial charge on any atom is 0.239 e. The van der Waals surface area contributed by atoms with E-state index >= 15 is 0 Å². The summed E-state index contributed by atoms with van der Waals surface area (Å²) in [4.78, 5) is 10.7. The SMILES string of the molecule is NNc1ncc(Br)c(N2CCCCCC2)n1. The summed E-state index contributed by atoms with van der Waals surface area (Å²) in [5.74, 6) is 6.72. The van der Waals surface area contributed by atoms with Crippen molar-refractivity contribution in [3.63, 3.8) is 0 Å². The van der Waals surface area contributed by atoms with Crippen LogP contribution in [0.5, 0.6) is 0 Å². The van der Waals surface area contributed by atoms with Gasteiger partial charge in [-0.25, -0.2) is 10.8 Å². The zero-order valence-corrected chi connectivity index (χ0v) is 10.7. The van der Waals surface area contributed by atoms with Crippen LogP contribution in [0.15, 0.2) is 10.7 Å². The first-order valence-electron chi connectivity index (χ1n) is 5.55. The second-order valence-corrected chi connectivity index (χ2v) is 4.77. The Hall–Kier alpha value is -0.880. The summed E-state index contributed by atoms with van der Waals surface area (Å²) in [6.45, 7) is 2.11. The molecular weight excluding hydrogens is 270 g/mol. The highest BCUT2D eigenvalue weighted by Gasteiger charge is 2.14. The third kappa shape index (κ3) is 2.62. The molecule has 16 heavy (non-hydrogen) atoms. The van der Waals surface area contributed by atoms with Crippen LogP contribution in [0.3, 0.4) is 0 Å². The predicted octanol–water partition coefficient (Wildman–Crippen LogP) is 1.91. The van der Waals surface area contributed by atoms with Gasteiger partial charge in [0.05, 0.1) is 4.47 Å². The quantitative estimate of drug-likeness (QED) is 0.642. The predicted molar refractivity (Wildman–Crippen MR) is 68.2 cm³/mol. The van der Waals surface area contributed by atoms with Crippen LogP contribution < -0.4 is 16.2 Å². The fourth-order valence-electron chi connectivity index (χ4n) is 1.93. The normalized spacial score (nSPS) is 17.0. The lowest BCUT2D eigenvalue weighted by Crippen LogP contribution is -2.26. The van der Waals surface area contributed by atoms with Gasteiger partial charge in [0, 0.05) is 19.3 Å². The molecule has 0 aliphatic carbocycles. The summed E-state index contributed by atoms with van der Waals surface area (Å²) < 4.78 is 0.924. The Morgan fingerprint density at radius 3 is 2.56 bits per heavy atom. The lowest BCUT2D eigenvalue weighted by Gasteiger charge is -2.22. The zero-order valence-electron chi connectivity index (χ0n) is 9.12. The fourth-order valence-corrected chi connectivity index (χ4v) is 2.37. The summed E-state index contributed by atoms with van der Waals surface area (Å²) in [7, 11) is 0. The Morgan fingerprint density at radius 1 is 1.25 bits per heavy atom. The van der Waals surface area contributed by atoms with Gasteiger partial charge in [0.1, 0.15) is 5.82 Å². The minimum absolute atomic E-state index is 0.461. The lowest BCUT2D eigenvalue weighted by molar-refractivity contribution is 0.726. The Balaban J connectivity index is 2.22. The van der Waals surface area contributed by atoms with E-state index in [-0.39, 0.29) is 0 Å². The number of nitrogens with zero attached hydrogens (tertiary/aromatic N) is 3. The Bertz CT molecular complexity index is 349. The smallest absolute Gasteiger partial charge is 0.239 e. The first-order chi connectivity index (χ1) is 7.81. The number of hydrazine groups is 1. The van der Waals surface area contributed by atoms with Gasteiger partial charge >= 0.3 is 0 Å². The number of anilines is 2. The van der Waals surface area contributed by atoms with Crippen molar-refractivity contribution in [3.05, 3.63) is 10.7 Å². The minimum Gasteiger partial charge on any atom is -0.356 e. The van der Waals surface area contributed by atoms with Crippen LogP contribution in [0, 0.1) is 0 Å². The maximum absolute atomic E-state index is 5.32. The van der Waals surface area contributed by atoms with Crippen LogP contribution in [0.1, 0.15) is 25.7 Å². The molecular formula is C10H16BrN5. The molecule has 2 heterocycles. The number of nitrogens with two attached hydrogens (primary N) is 1. The molecule has 0 unspecified atom stereocenters. The van der Waals surface area contributed by atoms with E-state index in [1.807, 2.05) is 0 Å². The monoisotopic (exact) mass is 285 g/mol. The van der Waals surface area contributed by atoms with Gasteiger partial charge in [0.15, 0.2) is 0 Å². The molecule has 88 valence electrons. The van der Waals surface area contributed by atoms with Crippen LogP contribution >= 0.6 is 15.9 Å². The highest BCUT2D eigenvalue weighted by Crippen LogP contribution is 2.26. The molecule has 1 aliphatic heterocycles. The maximum atomic E-state index is 5.32. The van der Waals surface area contributed by atoms with Gasteiger partial charge in [-0.2, -0.15) is 4.98 Å². The van der Waals surface area contributed by atoms with Gasteiger partial charge in [-0.05, 0) is 28.8 Å². The summed E-state index contributed by atoms with van der Waals surface area (Å²) in [5.41, 5.74) is 2.48. The van der Waals surface area contributed by atoms with Crippen LogP contribution in [0.25, 0.3) is 0 Å². The van der Waals surface area contributed by atoms with Gasteiger partial charge in [-0.3, -0.25) is 5.43 Å². The molecule has 0 spiro atoms. The lowest BCUT2D eigenvalue weighted by atomic mass is 10.2. The largest absolute Gasteiger partial charge is 0.356 e. The summed E-state index contributed by atoms with van der Waals surface area (Å²) in [6.07, 6.45) is 6.80. The van der Waals surface area contributed by atoms with E-state index < -0.39 is 0 Å². The summed E-state index contributed by atoms with van der Waals surface area (Å²) >= 11 is 3.49. The zero-order chi connectivity index (χ0) is 11.4. The fraction of sp³-hybridized carbons (Fsp3) is 0.600. The van der Waals surface area contributed by atoms with Crippen LogP contribution in [-0.4, -0.2) is 23.1 Å². The first-order valence-corrected chi connectivity index (χ1v) is 6.34. The molecule has 2 rings (SSSR count). The van der Waals surface area contributed by atoms with E-state index in [1.54, 1.807) is 6.20 Å². The molecule has 1 aliphatic rings. The number of hydrogen-bond acceptors (Lipinski definition) is 5. The van der Waals surface area contributed by atoms with Crippen LogP contribution in [0.4, 0.5) is 11.8 Å². The summed E-state index contributed by atoms with van der Waals surface area (Å²) in [5, 5.41) is 0. The topological polar surface area (TPSA) is 67.1 Å². The van der Waals surface area contributed by atoms with Crippen molar-refractivity contribution in [2.75, 3.05) is 23.4 Å². The molecule has 1 aromatic heterocycles. The van der Waals surface area contributed by atoms with E-state index in [1.165, 1.54) is 25.7 Å². The number of nitrogen functional groups attached to an aromatic ring is 1. The highest BCUT2D eigenvalue weighted by atomic mass is 79.9.